The van der Waals surface area contributed by atoms with Crippen molar-refractivity contribution >= 4 is 10.8 Å². The maximum absolute atomic E-state index is 4.86. The van der Waals surface area contributed by atoms with Gasteiger partial charge in [0.05, 0.1) is 0 Å². The van der Waals surface area contributed by atoms with Gasteiger partial charge in [0, 0.05) is 17.8 Å². The molecule has 0 radical (unpaired) electrons. The van der Waals surface area contributed by atoms with E-state index in [-0.39, 0.29) is 26.5 Å². The molecule has 0 fully saturated rings. The first-order valence-electron chi connectivity index (χ1n) is 15.5. The maximum Gasteiger partial charge on any atom is 2.00 e. The Morgan fingerprint density at radius 3 is 1.70 bits per heavy atom. The SMILES string of the molecule is CC(C)(C)c1ccnc(-c2[c-]c(C3(c4[c-]c(-c5cc6ccccc6cn5)ccc4)c4ccccc4-c4ccccc43)ccc2)c1.[Pt+2]. The Labute approximate surface area is 285 Å². The van der Waals surface area contributed by atoms with E-state index in [0.717, 1.165) is 39.0 Å². The van der Waals surface area contributed by atoms with Crippen molar-refractivity contribution in [2.24, 2.45) is 0 Å². The molecule has 1 aliphatic rings. The van der Waals surface area contributed by atoms with Crippen molar-refractivity contribution in [1.82, 2.24) is 9.97 Å². The average molecular weight is 772 g/mol. The number of aromatic nitrogens is 2. The summed E-state index contributed by atoms with van der Waals surface area (Å²) >= 11 is 0. The van der Waals surface area contributed by atoms with E-state index >= 15 is 0 Å². The number of benzene rings is 5. The summed E-state index contributed by atoms with van der Waals surface area (Å²) < 4.78 is 0. The van der Waals surface area contributed by atoms with Gasteiger partial charge < -0.3 is 9.97 Å². The van der Waals surface area contributed by atoms with Crippen LogP contribution in [-0.4, -0.2) is 9.97 Å². The molecule has 0 amide bonds. The summed E-state index contributed by atoms with van der Waals surface area (Å²) in [5.41, 5.74) is 11.5. The molecule has 8 rings (SSSR count). The molecule has 0 aliphatic heterocycles. The first kappa shape index (κ1) is 30.0. The average Bonchev–Trinajstić information content (AvgIpc) is 3.39. The molecule has 0 spiro atoms. The van der Waals surface area contributed by atoms with Crippen LogP contribution >= 0.6 is 0 Å². The molecular formula is C43H32N2Pt. The van der Waals surface area contributed by atoms with Gasteiger partial charge in [-0.05, 0) is 61.5 Å². The van der Waals surface area contributed by atoms with Gasteiger partial charge >= 0.3 is 21.1 Å². The van der Waals surface area contributed by atoms with Gasteiger partial charge in [-0.3, -0.25) is 0 Å². The van der Waals surface area contributed by atoms with Gasteiger partial charge in [-0.25, -0.2) is 0 Å². The molecule has 0 unspecified atom stereocenters. The summed E-state index contributed by atoms with van der Waals surface area (Å²) in [6.45, 7) is 6.71. The summed E-state index contributed by atoms with van der Waals surface area (Å²) in [4.78, 5) is 9.67. The van der Waals surface area contributed by atoms with Crippen molar-refractivity contribution in [2.45, 2.75) is 31.6 Å². The fraction of sp³-hybridized carbons (Fsp3) is 0.116. The molecule has 5 aromatic carbocycles. The molecule has 0 N–H and O–H groups in total. The predicted molar refractivity (Wildman–Crippen MR) is 184 cm³/mol. The summed E-state index contributed by atoms with van der Waals surface area (Å²) in [7, 11) is 0. The first-order chi connectivity index (χ1) is 21.9. The van der Waals surface area contributed by atoms with Crippen molar-refractivity contribution in [3.63, 3.8) is 0 Å². The predicted octanol–water partition coefficient (Wildman–Crippen LogP) is 10.2. The Morgan fingerprint density at radius 2 is 1.09 bits per heavy atom. The van der Waals surface area contributed by atoms with E-state index in [1.807, 2.05) is 12.4 Å². The summed E-state index contributed by atoms with van der Waals surface area (Å²) in [5.74, 6) is 0. The fourth-order valence-electron chi connectivity index (χ4n) is 6.91. The monoisotopic (exact) mass is 771 g/mol. The van der Waals surface area contributed by atoms with Crippen molar-refractivity contribution in [2.75, 3.05) is 0 Å². The standard InChI is InChI=1S/C43H32N2.Pt/c1-42(2,3)33-22-23-44-41(27-33)31-15-11-17-35(25-31)43(38-20-8-6-18-36(38)37-19-7-9-21-39(37)43)34-16-10-14-30(24-34)40-26-29-12-4-5-13-32(29)28-45-40;/h4-23,26-28H,1-3H3;/q-2;+2. The molecule has 3 heteroatoms. The molecule has 0 saturated heterocycles. The molecule has 2 heterocycles. The maximum atomic E-state index is 4.86. The van der Waals surface area contributed by atoms with E-state index in [4.69, 9.17) is 9.97 Å². The Balaban J connectivity index is 0.00000338. The van der Waals surface area contributed by atoms with Crippen LogP contribution in [-0.2, 0) is 31.9 Å². The van der Waals surface area contributed by atoms with Crippen molar-refractivity contribution in [3.05, 3.63) is 180 Å². The number of hydrogen-bond donors (Lipinski definition) is 0. The number of rotatable bonds is 4. The number of nitrogens with zero attached hydrogens (tertiary/aromatic N) is 2. The topological polar surface area (TPSA) is 25.8 Å². The zero-order chi connectivity index (χ0) is 30.6. The van der Waals surface area contributed by atoms with Crippen LogP contribution in [0.15, 0.2) is 140 Å². The van der Waals surface area contributed by atoms with Crippen LogP contribution in [0.3, 0.4) is 0 Å². The minimum Gasteiger partial charge on any atom is -0.305 e. The van der Waals surface area contributed by atoms with E-state index in [0.29, 0.717) is 0 Å². The van der Waals surface area contributed by atoms with E-state index in [1.165, 1.54) is 33.2 Å². The second-order valence-electron chi connectivity index (χ2n) is 12.9. The first-order valence-corrected chi connectivity index (χ1v) is 15.5. The summed E-state index contributed by atoms with van der Waals surface area (Å²) in [5, 5.41) is 2.29. The van der Waals surface area contributed by atoms with E-state index in [1.54, 1.807) is 0 Å². The smallest absolute Gasteiger partial charge is 0.305 e. The minimum atomic E-state index is -0.627. The zero-order valence-corrected chi connectivity index (χ0v) is 28.3. The molecule has 0 saturated carbocycles. The van der Waals surface area contributed by atoms with E-state index in [9.17, 15) is 0 Å². The van der Waals surface area contributed by atoms with E-state index < -0.39 is 5.41 Å². The molecule has 224 valence electrons. The Kier molecular flexibility index (Phi) is 7.58. The van der Waals surface area contributed by atoms with Crippen LogP contribution in [0, 0.1) is 12.1 Å². The Bertz CT molecular complexity index is 2180. The molecular weight excluding hydrogens is 740 g/mol. The van der Waals surface area contributed by atoms with Gasteiger partial charge in [-0.2, -0.15) is 0 Å². The molecule has 1 aliphatic carbocycles. The van der Waals surface area contributed by atoms with Gasteiger partial charge in [-0.15, -0.1) is 70.8 Å². The molecule has 7 aromatic rings. The Hall–Kier alpha value is -4.65. The summed E-state index contributed by atoms with van der Waals surface area (Å²) in [6.07, 6.45) is 3.87. The van der Waals surface area contributed by atoms with Gasteiger partial charge in [0.25, 0.3) is 0 Å². The minimum absolute atomic E-state index is 0. The second-order valence-corrected chi connectivity index (χ2v) is 12.9. The van der Waals surface area contributed by atoms with E-state index in [2.05, 4.69) is 160 Å². The van der Waals surface area contributed by atoms with Crippen LogP contribution in [0.5, 0.6) is 0 Å². The van der Waals surface area contributed by atoms with Crippen LogP contribution in [0.4, 0.5) is 0 Å². The third kappa shape index (κ3) is 4.84. The second kappa shape index (κ2) is 11.6. The molecule has 0 bridgehead atoms. The van der Waals surface area contributed by atoms with Crippen molar-refractivity contribution < 1.29 is 21.1 Å². The van der Waals surface area contributed by atoms with Crippen LogP contribution in [0.2, 0.25) is 0 Å². The summed E-state index contributed by atoms with van der Waals surface area (Å²) in [6, 6.07) is 53.1. The molecule has 46 heavy (non-hydrogen) atoms. The third-order valence-electron chi connectivity index (χ3n) is 9.16. The van der Waals surface area contributed by atoms with Crippen LogP contribution < -0.4 is 0 Å². The number of fused-ring (bicyclic) bond motifs is 4. The quantitative estimate of drug-likeness (QED) is 0.167. The number of pyridine rings is 2. The van der Waals surface area contributed by atoms with Gasteiger partial charge in [0.1, 0.15) is 0 Å². The third-order valence-corrected chi connectivity index (χ3v) is 9.16. The molecule has 2 aromatic heterocycles. The van der Waals surface area contributed by atoms with Crippen molar-refractivity contribution in [1.29, 1.82) is 0 Å². The molecule has 2 nitrogen and oxygen atoms in total. The van der Waals surface area contributed by atoms with Crippen LogP contribution in [0.1, 0.15) is 48.6 Å². The molecule has 0 atom stereocenters. The largest absolute Gasteiger partial charge is 2.00 e. The normalized spacial score (nSPS) is 13.1. The Morgan fingerprint density at radius 1 is 0.543 bits per heavy atom. The van der Waals surface area contributed by atoms with Gasteiger partial charge in [-0.1, -0.05) is 106 Å². The van der Waals surface area contributed by atoms with Crippen molar-refractivity contribution in [3.8, 4) is 33.6 Å². The van der Waals surface area contributed by atoms with Crippen LogP contribution in [0.25, 0.3) is 44.4 Å². The zero-order valence-electron chi connectivity index (χ0n) is 26.0. The number of hydrogen-bond acceptors (Lipinski definition) is 2. The van der Waals surface area contributed by atoms with Gasteiger partial charge in [0.2, 0.25) is 0 Å². The van der Waals surface area contributed by atoms with Gasteiger partial charge in [0.15, 0.2) is 0 Å². The fourth-order valence-corrected chi connectivity index (χ4v) is 6.91.